The fourth-order valence-electron chi connectivity index (χ4n) is 2.45. The molecule has 2 aromatic heterocycles. The van der Waals surface area contributed by atoms with Gasteiger partial charge >= 0.3 is 5.97 Å². The number of hydrogen-bond donors (Lipinski definition) is 1. The molecule has 2 heterocycles. The van der Waals surface area contributed by atoms with Crippen molar-refractivity contribution >= 4 is 23.4 Å². The number of esters is 1. The number of halogens is 1. The standard InChI is InChI=1S/C20H19ClN4O4/c1-27-16-7-6-13(9-15(16)21)10-24-19-18(20(26)28-2)23-11-17(25-19)29-12-14-5-3-4-8-22-14/h3-9,11H,10,12H2,1-2H3,(H,24,25). The van der Waals surface area contributed by atoms with E-state index in [-0.39, 0.29) is 24.0 Å². The van der Waals surface area contributed by atoms with Crippen LogP contribution in [0.3, 0.4) is 0 Å². The number of ether oxygens (including phenoxy) is 3. The second-order valence-corrected chi connectivity index (χ2v) is 6.24. The Morgan fingerprint density at radius 3 is 2.72 bits per heavy atom. The highest BCUT2D eigenvalue weighted by Gasteiger charge is 2.17. The summed E-state index contributed by atoms with van der Waals surface area (Å²) in [5.74, 6) is 0.459. The van der Waals surface area contributed by atoms with Crippen molar-refractivity contribution in [1.29, 1.82) is 0 Å². The van der Waals surface area contributed by atoms with Crippen LogP contribution in [-0.2, 0) is 17.9 Å². The number of carbonyl (C=O) groups is 1. The highest BCUT2D eigenvalue weighted by Crippen LogP contribution is 2.25. The molecule has 3 aromatic rings. The van der Waals surface area contributed by atoms with E-state index in [4.69, 9.17) is 25.8 Å². The van der Waals surface area contributed by atoms with Crippen LogP contribution >= 0.6 is 11.6 Å². The number of rotatable bonds is 8. The molecule has 29 heavy (non-hydrogen) atoms. The zero-order valence-electron chi connectivity index (χ0n) is 15.9. The Kier molecular flexibility index (Phi) is 6.80. The maximum Gasteiger partial charge on any atom is 0.360 e. The van der Waals surface area contributed by atoms with Crippen LogP contribution < -0.4 is 14.8 Å². The van der Waals surface area contributed by atoms with E-state index in [1.165, 1.54) is 13.3 Å². The van der Waals surface area contributed by atoms with E-state index in [1.54, 1.807) is 25.4 Å². The normalized spacial score (nSPS) is 10.3. The number of methoxy groups -OCH3 is 2. The number of nitrogens with zero attached hydrogens (tertiary/aromatic N) is 3. The van der Waals surface area contributed by atoms with Crippen LogP contribution in [0, 0.1) is 0 Å². The third kappa shape index (κ3) is 5.32. The number of aromatic nitrogens is 3. The van der Waals surface area contributed by atoms with Crippen molar-refractivity contribution in [2.75, 3.05) is 19.5 Å². The van der Waals surface area contributed by atoms with Gasteiger partial charge in [0.15, 0.2) is 11.5 Å². The molecule has 0 bridgehead atoms. The quantitative estimate of drug-likeness (QED) is 0.559. The lowest BCUT2D eigenvalue weighted by Crippen LogP contribution is -2.13. The summed E-state index contributed by atoms with van der Waals surface area (Å²) in [6.07, 6.45) is 3.04. The second kappa shape index (κ2) is 9.70. The van der Waals surface area contributed by atoms with Crippen LogP contribution in [0.25, 0.3) is 0 Å². The van der Waals surface area contributed by atoms with Crippen LogP contribution in [0.15, 0.2) is 48.8 Å². The highest BCUT2D eigenvalue weighted by atomic mass is 35.5. The van der Waals surface area contributed by atoms with Gasteiger partial charge < -0.3 is 19.5 Å². The predicted octanol–water partition coefficient (Wildman–Crippen LogP) is 3.51. The van der Waals surface area contributed by atoms with Crippen LogP contribution in [0.4, 0.5) is 5.82 Å². The average Bonchev–Trinajstić information content (AvgIpc) is 2.76. The van der Waals surface area contributed by atoms with Gasteiger partial charge in [0.1, 0.15) is 12.4 Å². The zero-order valence-corrected chi connectivity index (χ0v) is 16.6. The number of anilines is 1. The van der Waals surface area contributed by atoms with Gasteiger partial charge in [-0.1, -0.05) is 23.7 Å². The molecule has 150 valence electrons. The Morgan fingerprint density at radius 1 is 1.17 bits per heavy atom. The van der Waals surface area contributed by atoms with Crippen LogP contribution in [0.1, 0.15) is 21.7 Å². The van der Waals surface area contributed by atoms with Gasteiger partial charge in [0, 0.05) is 12.7 Å². The van der Waals surface area contributed by atoms with Crippen molar-refractivity contribution in [3.8, 4) is 11.6 Å². The summed E-state index contributed by atoms with van der Waals surface area (Å²) in [6.45, 7) is 0.576. The molecule has 0 aliphatic rings. The molecule has 0 aliphatic heterocycles. The van der Waals surface area contributed by atoms with E-state index in [1.807, 2.05) is 24.3 Å². The second-order valence-electron chi connectivity index (χ2n) is 5.83. The Bertz CT molecular complexity index is 985. The summed E-state index contributed by atoms with van der Waals surface area (Å²) < 4.78 is 15.6. The molecular weight excluding hydrogens is 396 g/mol. The molecule has 0 saturated heterocycles. The van der Waals surface area contributed by atoms with E-state index in [0.29, 0.717) is 17.3 Å². The van der Waals surface area contributed by atoms with Gasteiger partial charge in [0.2, 0.25) is 5.88 Å². The summed E-state index contributed by atoms with van der Waals surface area (Å²) in [5, 5.41) is 3.56. The molecule has 0 radical (unpaired) electrons. The monoisotopic (exact) mass is 414 g/mol. The first-order chi connectivity index (χ1) is 14.1. The minimum Gasteiger partial charge on any atom is -0.495 e. The maximum atomic E-state index is 12.0. The molecular formula is C20H19ClN4O4. The molecule has 1 N–H and O–H groups in total. The first-order valence-electron chi connectivity index (χ1n) is 8.65. The van der Waals surface area contributed by atoms with E-state index in [2.05, 4.69) is 20.3 Å². The summed E-state index contributed by atoms with van der Waals surface area (Å²) in [5.41, 5.74) is 1.67. The highest BCUT2D eigenvalue weighted by molar-refractivity contribution is 6.32. The lowest BCUT2D eigenvalue weighted by Gasteiger charge is -2.12. The molecule has 9 heteroatoms. The van der Waals surface area contributed by atoms with E-state index in [9.17, 15) is 4.79 Å². The van der Waals surface area contributed by atoms with Gasteiger partial charge in [-0.25, -0.2) is 9.78 Å². The van der Waals surface area contributed by atoms with Crippen LogP contribution in [0.5, 0.6) is 11.6 Å². The Balaban J connectivity index is 1.76. The zero-order chi connectivity index (χ0) is 20.6. The average molecular weight is 415 g/mol. The fourth-order valence-corrected chi connectivity index (χ4v) is 2.73. The molecule has 3 rings (SSSR count). The number of hydrogen-bond acceptors (Lipinski definition) is 8. The molecule has 0 fully saturated rings. The lowest BCUT2D eigenvalue weighted by atomic mass is 10.2. The molecule has 1 aromatic carbocycles. The van der Waals surface area contributed by atoms with Crippen molar-refractivity contribution in [1.82, 2.24) is 15.0 Å². The lowest BCUT2D eigenvalue weighted by molar-refractivity contribution is 0.0594. The van der Waals surface area contributed by atoms with Gasteiger partial charge in [-0.3, -0.25) is 4.98 Å². The minimum atomic E-state index is -0.607. The molecule has 0 unspecified atom stereocenters. The Morgan fingerprint density at radius 2 is 2.03 bits per heavy atom. The van der Waals surface area contributed by atoms with Crippen LogP contribution in [0.2, 0.25) is 5.02 Å². The third-order valence-corrected chi connectivity index (χ3v) is 4.19. The number of benzene rings is 1. The van der Waals surface area contributed by atoms with Crippen LogP contribution in [-0.4, -0.2) is 35.1 Å². The molecule has 8 nitrogen and oxygen atoms in total. The number of nitrogens with one attached hydrogen (secondary N) is 1. The molecule has 0 spiro atoms. The maximum absolute atomic E-state index is 12.0. The van der Waals surface area contributed by atoms with Crippen molar-refractivity contribution in [2.24, 2.45) is 0 Å². The Labute approximate surface area is 172 Å². The van der Waals surface area contributed by atoms with E-state index >= 15 is 0 Å². The molecule has 0 amide bonds. The summed E-state index contributed by atoms with van der Waals surface area (Å²) in [7, 11) is 2.83. The van der Waals surface area contributed by atoms with Gasteiger partial charge in [0.05, 0.1) is 31.1 Å². The molecule has 0 saturated carbocycles. The van der Waals surface area contributed by atoms with Crippen molar-refractivity contribution < 1.29 is 19.0 Å². The SMILES string of the molecule is COC(=O)c1ncc(OCc2ccccn2)nc1NCc1ccc(OC)c(Cl)c1. The van der Waals surface area contributed by atoms with Crippen molar-refractivity contribution in [2.45, 2.75) is 13.2 Å². The smallest absolute Gasteiger partial charge is 0.360 e. The summed E-state index contributed by atoms with van der Waals surface area (Å²) in [4.78, 5) is 24.7. The number of pyridine rings is 1. The van der Waals surface area contributed by atoms with Crippen molar-refractivity contribution in [3.05, 3.63) is 70.8 Å². The first-order valence-corrected chi connectivity index (χ1v) is 9.03. The van der Waals surface area contributed by atoms with Gasteiger partial charge in [0.25, 0.3) is 0 Å². The largest absolute Gasteiger partial charge is 0.495 e. The van der Waals surface area contributed by atoms with E-state index in [0.717, 1.165) is 11.3 Å². The number of carbonyl (C=O) groups excluding carboxylic acids is 1. The van der Waals surface area contributed by atoms with Crippen molar-refractivity contribution in [3.63, 3.8) is 0 Å². The fraction of sp³-hybridized carbons (Fsp3) is 0.200. The minimum absolute atomic E-state index is 0.0531. The van der Waals surface area contributed by atoms with Gasteiger partial charge in [-0.15, -0.1) is 0 Å². The first kappa shape index (κ1) is 20.3. The molecule has 0 aliphatic carbocycles. The third-order valence-electron chi connectivity index (χ3n) is 3.90. The summed E-state index contributed by atoms with van der Waals surface area (Å²) in [6, 6.07) is 10.9. The van der Waals surface area contributed by atoms with E-state index < -0.39 is 5.97 Å². The summed E-state index contributed by atoms with van der Waals surface area (Å²) >= 11 is 6.16. The molecule has 0 atom stereocenters. The van der Waals surface area contributed by atoms with Gasteiger partial charge in [-0.2, -0.15) is 4.98 Å². The Hall–Kier alpha value is -3.39. The predicted molar refractivity (Wildman–Crippen MR) is 107 cm³/mol. The van der Waals surface area contributed by atoms with Gasteiger partial charge in [-0.05, 0) is 29.8 Å². The topological polar surface area (TPSA) is 95.5 Å².